The fraction of sp³-hybridized carbons (Fsp3) is 0.625. The van der Waals surface area contributed by atoms with Gasteiger partial charge >= 0.3 is 19.8 Å². The molecule has 0 aromatic carbocycles. The van der Waals surface area contributed by atoms with Crippen molar-refractivity contribution < 1.29 is 23.4 Å². The van der Waals surface area contributed by atoms with Crippen molar-refractivity contribution in [3.05, 3.63) is 12.7 Å². The summed E-state index contributed by atoms with van der Waals surface area (Å²) in [5.41, 5.74) is 0. The van der Waals surface area contributed by atoms with Gasteiger partial charge in [-0.15, -0.1) is 16.1 Å². The summed E-state index contributed by atoms with van der Waals surface area (Å²) in [7, 11) is -2.19. The van der Waals surface area contributed by atoms with E-state index in [0.29, 0.717) is 6.61 Å². The van der Waals surface area contributed by atoms with Crippen LogP contribution in [0.3, 0.4) is 0 Å². The zero-order valence-corrected chi connectivity index (χ0v) is 10.00. The highest BCUT2D eigenvalue weighted by atomic mass is 35.5. The Balaban J connectivity index is 3.99. The van der Waals surface area contributed by atoms with Crippen molar-refractivity contribution in [3.8, 4) is 0 Å². The first kappa shape index (κ1) is 14.5. The minimum Gasteiger partial charge on any atom is -0.409 e. The van der Waals surface area contributed by atoms with Gasteiger partial charge in [0.1, 0.15) is 5.88 Å². The van der Waals surface area contributed by atoms with Gasteiger partial charge in [-0.25, -0.2) is 0 Å². The van der Waals surface area contributed by atoms with Gasteiger partial charge in [0.15, 0.2) is 0 Å². The quantitative estimate of drug-likeness (QED) is 0.166. The van der Waals surface area contributed by atoms with Gasteiger partial charge in [0, 0.05) is 12.7 Å². The van der Waals surface area contributed by atoms with Crippen molar-refractivity contribution in [3.63, 3.8) is 0 Å². The van der Waals surface area contributed by atoms with Gasteiger partial charge in [0.2, 0.25) is 6.79 Å². The second-order valence-electron chi connectivity index (χ2n) is 2.27. The molecule has 0 fully saturated rings. The third-order valence-corrected chi connectivity index (χ3v) is 2.55. The monoisotopic (exact) mass is 255 g/mol. The standard InChI is InChI=1S/C8H13ClO5P/c1-3-8(14-7(10)5-9)15(11)13-6-12-4-2/h3,8H,1,4-6H2,2H3/q+1. The second-order valence-corrected chi connectivity index (χ2v) is 3.88. The Bertz CT molecular complexity index is 233. The molecule has 0 spiro atoms. The van der Waals surface area contributed by atoms with Crippen LogP contribution in [-0.4, -0.2) is 31.1 Å². The van der Waals surface area contributed by atoms with Crippen molar-refractivity contribution in [2.75, 3.05) is 19.3 Å². The summed E-state index contributed by atoms with van der Waals surface area (Å²) in [6.07, 6.45) is 1.22. The van der Waals surface area contributed by atoms with Gasteiger partial charge in [0.05, 0.1) is 0 Å². The Kier molecular flexibility index (Phi) is 8.52. The molecule has 0 saturated heterocycles. The minimum absolute atomic E-state index is 0.117. The summed E-state index contributed by atoms with van der Waals surface area (Å²) in [6, 6.07) is 0. The van der Waals surface area contributed by atoms with Gasteiger partial charge in [-0.1, -0.05) is 6.58 Å². The molecule has 0 heterocycles. The van der Waals surface area contributed by atoms with Crippen molar-refractivity contribution in [1.82, 2.24) is 0 Å². The van der Waals surface area contributed by atoms with Gasteiger partial charge in [0.25, 0.3) is 0 Å². The molecule has 15 heavy (non-hydrogen) atoms. The van der Waals surface area contributed by atoms with E-state index in [-0.39, 0.29) is 12.7 Å². The number of hydrogen-bond acceptors (Lipinski definition) is 5. The Labute approximate surface area is 94.2 Å². The van der Waals surface area contributed by atoms with Crippen LogP contribution in [0.2, 0.25) is 0 Å². The molecular weight excluding hydrogens is 243 g/mol. The predicted octanol–water partition coefficient (Wildman–Crippen LogP) is 2.03. The van der Waals surface area contributed by atoms with Crippen molar-refractivity contribution in [2.24, 2.45) is 0 Å². The fourth-order valence-electron chi connectivity index (χ4n) is 0.589. The summed E-state index contributed by atoms with van der Waals surface area (Å²) < 4.78 is 25.6. The fourth-order valence-corrected chi connectivity index (χ4v) is 1.35. The average molecular weight is 256 g/mol. The summed E-state index contributed by atoms with van der Waals surface area (Å²) >= 11 is 5.22. The lowest BCUT2D eigenvalue weighted by Gasteiger charge is -2.02. The largest absolute Gasteiger partial charge is 0.560 e. The highest BCUT2D eigenvalue weighted by Gasteiger charge is 2.33. The molecule has 0 aliphatic carbocycles. The molecule has 0 saturated carbocycles. The van der Waals surface area contributed by atoms with E-state index in [4.69, 9.17) is 20.9 Å². The first-order chi connectivity index (χ1) is 7.15. The molecule has 7 heteroatoms. The van der Waals surface area contributed by atoms with Crippen LogP contribution >= 0.6 is 19.6 Å². The summed E-state index contributed by atoms with van der Waals surface area (Å²) in [5.74, 6) is -1.98. The van der Waals surface area contributed by atoms with Gasteiger partial charge in [-0.2, -0.15) is 0 Å². The molecular formula is C8H13ClO5P+. The molecule has 0 radical (unpaired) electrons. The van der Waals surface area contributed by atoms with Crippen LogP contribution in [0.1, 0.15) is 6.92 Å². The number of ether oxygens (including phenoxy) is 2. The number of alkyl halides is 1. The van der Waals surface area contributed by atoms with Crippen LogP contribution in [0, 0.1) is 0 Å². The molecule has 2 unspecified atom stereocenters. The summed E-state index contributed by atoms with van der Waals surface area (Å²) in [5, 5.41) is 0. The average Bonchev–Trinajstić information content (AvgIpc) is 2.25. The summed E-state index contributed by atoms with van der Waals surface area (Å²) in [6.45, 7) is 5.48. The van der Waals surface area contributed by atoms with Crippen LogP contribution in [0.4, 0.5) is 0 Å². The molecule has 0 aromatic heterocycles. The zero-order chi connectivity index (χ0) is 11.7. The molecule has 0 aromatic rings. The van der Waals surface area contributed by atoms with E-state index >= 15 is 0 Å². The van der Waals surface area contributed by atoms with Gasteiger partial charge in [-0.05, 0) is 11.5 Å². The van der Waals surface area contributed by atoms with Gasteiger partial charge in [-0.3, -0.25) is 4.79 Å². The van der Waals surface area contributed by atoms with E-state index < -0.39 is 19.8 Å². The van der Waals surface area contributed by atoms with E-state index in [1.54, 1.807) is 6.92 Å². The topological polar surface area (TPSA) is 61.8 Å². The minimum atomic E-state index is -2.19. The SMILES string of the molecule is C=CC(OC(=O)CCl)[P+](=O)OCOCC. The van der Waals surface area contributed by atoms with Crippen molar-refractivity contribution >= 4 is 25.6 Å². The highest BCUT2D eigenvalue weighted by Crippen LogP contribution is 2.31. The van der Waals surface area contributed by atoms with E-state index in [9.17, 15) is 9.36 Å². The number of carbonyl (C=O) groups excluding carboxylic acids is 1. The zero-order valence-electron chi connectivity index (χ0n) is 8.35. The number of halogens is 1. The van der Waals surface area contributed by atoms with E-state index in [0.717, 1.165) is 0 Å². The highest BCUT2D eigenvalue weighted by molar-refractivity contribution is 7.40. The van der Waals surface area contributed by atoms with E-state index in [1.807, 2.05) is 0 Å². The predicted molar refractivity (Wildman–Crippen MR) is 56.0 cm³/mol. The van der Waals surface area contributed by atoms with Crippen LogP contribution in [-0.2, 0) is 23.4 Å². The smallest absolute Gasteiger partial charge is 0.409 e. The molecule has 86 valence electrons. The van der Waals surface area contributed by atoms with E-state index in [2.05, 4.69) is 11.3 Å². The first-order valence-electron chi connectivity index (χ1n) is 4.20. The molecule has 0 bridgehead atoms. The van der Waals surface area contributed by atoms with Crippen LogP contribution in [0.5, 0.6) is 0 Å². The molecule has 0 aliphatic rings. The van der Waals surface area contributed by atoms with Crippen molar-refractivity contribution in [1.29, 1.82) is 0 Å². The normalized spacial score (nSPS) is 13.1. The number of carbonyl (C=O) groups is 1. The lowest BCUT2D eigenvalue weighted by atomic mass is 10.7. The Morgan fingerprint density at radius 1 is 1.67 bits per heavy atom. The van der Waals surface area contributed by atoms with Gasteiger partial charge < -0.3 is 9.47 Å². The Morgan fingerprint density at radius 2 is 2.33 bits per heavy atom. The lowest BCUT2D eigenvalue weighted by Crippen LogP contribution is -2.14. The number of rotatable bonds is 8. The maximum absolute atomic E-state index is 11.4. The van der Waals surface area contributed by atoms with Crippen LogP contribution in [0.25, 0.3) is 0 Å². The molecule has 2 atom stereocenters. The molecule has 0 rings (SSSR count). The molecule has 0 N–H and O–H groups in total. The third kappa shape index (κ3) is 6.57. The summed E-state index contributed by atoms with van der Waals surface area (Å²) in [4.78, 5) is 10.8. The maximum Gasteiger partial charge on any atom is 0.560 e. The number of esters is 1. The molecule has 0 amide bonds. The first-order valence-corrected chi connectivity index (χ1v) is 5.98. The molecule has 0 aliphatic heterocycles. The Hall–Kier alpha value is -0.480. The maximum atomic E-state index is 11.4. The molecule has 5 nitrogen and oxygen atoms in total. The third-order valence-electron chi connectivity index (χ3n) is 1.24. The van der Waals surface area contributed by atoms with E-state index in [1.165, 1.54) is 6.08 Å². The second kappa shape index (κ2) is 8.80. The number of hydrogen-bond donors (Lipinski definition) is 0. The van der Waals surface area contributed by atoms with Crippen molar-refractivity contribution in [2.45, 2.75) is 12.8 Å². The van der Waals surface area contributed by atoms with Crippen LogP contribution in [0.15, 0.2) is 12.7 Å². The lowest BCUT2D eigenvalue weighted by molar-refractivity contribution is -0.141. The Morgan fingerprint density at radius 3 is 2.80 bits per heavy atom. The van der Waals surface area contributed by atoms with Crippen LogP contribution < -0.4 is 0 Å².